The average molecular weight is 345 g/mol. The Bertz CT molecular complexity index is 476. The van der Waals surface area contributed by atoms with Gasteiger partial charge in [-0.3, -0.25) is 0 Å². The molecule has 0 atom stereocenters. The Kier molecular flexibility index (Phi) is 5.37. The molecule has 2 amide bonds. The molecule has 1 aromatic rings. The number of urea groups is 1. The van der Waals surface area contributed by atoms with E-state index in [9.17, 15) is 14.3 Å². The van der Waals surface area contributed by atoms with Crippen LogP contribution in [0.3, 0.4) is 0 Å². The molecule has 20 heavy (non-hydrogen) atoms. The Morgan fingerprint density at radius 1 is 1.35 bits per heavy atom. The van der Waals surface area contributed by atoms with E-state index in [-0.39, 0.29) is 30.5 Å². The van der Waals surface area contributed by atoms with Gasteiger partial charge in [-0.1, -0.05) is 22.0 Å². The highest BCUT2D eigenvalue weighted by Crippen LogP contribution is 2.18. The van der Waals surface area contributed by atoms with Crippen LogP contribution in [-0.2, 0) is 6.54 Å². The van der Waals surface area contributed by atoms with Gasteiger partial charge in [-0.25, -0.2) is 9.18 Å². The van der Waals surface area contributed by atoms with Crippen LogP contribution in [0, 0.1) is 5.82 Å². The summed E-state index contributed by atoms with van der Waals surface area (Å²) in [6.45, 7) is 0.153. The second-order valence-electron chi connectivity index (χ2n) is 5.07. The highest BCUT2D eigenvalue weighted by molar-refractivity contribution is 9.10. The SMILES string of the molecule is O=C(NCc1ccc(Br)cc1F)NC1CCC(O)CC1. The number of nitrogens with one attached hydrogen (secondary N) is 2. The third-order valence-electron chi connectivity index (χ3n) is 3.49. The molecule has 2 rings (SSSR count). The van der Waals surface area contributed by atoms with Crippen molar-refractivity contribution >= 4 is 22.0 Å². The predicted octanol–water partition coefficient (Wildman–Crippen LogP) is 2.69. The van der Waals surface area contributed by atoms with Gasteiger partial charge in [0.15, 0.2) is 0 Å². The molecule has 0 saturated heterocycles. The van der Waals surface area contributed by atoms with Gasteiger partial charge in [0.25, 0.3) is 0 Å². The fraction of sp³-hybridized carbons (Fsp3) is 0.500. The van der Waals surface area contributed by atoms with E-state index in [1.165, 1.54) is 6.07 Å². The van der Waals surface area contributed by atoms with Crippen LogP contribution in [0.25, 0.3) is 0 Å². The summed E-state index contributed by atoms with van der Waals surface area (Å²) in [7, 11) is 0. The Morgan fingerprint density at radius 2 is 2.05 bits per heavy atom. The van der Waals surface area contributed by atoms with Crippen molar-refractivity contribution in [2.75, 3.05) is 0 Å². The summed E-state index contributed by atoms with van der Waals surface area (Å²) in [5.74, 6) is -0.347. The standard InChI is InChI=1S/C14H18BrFN2O2/c15-10-2-1-9(13(16)7-10)8-17-14(20)18-11-3-5-12(19)6-4-11/h1-2,7,11-12,19H,3-6,8H2,(H2,17,18,20). The minimum atomic E-state index is -0.347. The normalized spacial score (nSPS) is 22.4. The fourth-order valence-electron chi connectivity index (χ4n) is 2.30. The molecule has 0 spiro atoms. The predicted molar refractivity (Wildman–Crippen MR) is 77.7 cm³/mol. The molecule has 1 saturated carbocycles. The van der Waals surface area contributed by atoms with Crippen molar-refractivity contribution in [2.45, 2.75) is 44.4 Å². The van der Waals surface area contributed by atoms with Gasteiger partial charge in [0.1, 0.15) is 5.82 Å². The van der Waals surface area contributed by atoms with Gasteiger partial charge < -0.3 is 15.7 Å². The van der Waals surface area contributed by atoms with Gasteiger partial charge in [0.05, 0.1) is 6.10 Å². The molecule has 1 aliphatic carbocycles. The Hall–Kier alpha value is -1.14. The maximum Gasteiger partial charge on any atom is 0.315 e. The molecule has 1 fully saturated rings. The topological polar surface area (TPSA) is 61.4 Å². The highest BCUT2D eigenvalue weighted by atomic mass is 79.9. The summed E-state index contributed by atoms with van der Waals surface area (Å²) in [6.07, 6.45) is 2.74. The Labute approximate surface area is 125 Å². The van der Waals surface area contributed by atoms with E-state index in [0.717, 1.165) is 12.8 Å². The van der Waals surface area contributed by atoms with E-state index in [4.69, 9.17) is 0 Å². The molecular weight excluding hydrogens is 327 g/mol. The number of amides is 2. The molecule has 0 aromatic heterocycles. The van der Waals surface area contributed by atoms with Gasteiger partial charge >= 0.3 is 6.03 Å². The largest absolute Gasteiger partial charge is 0.393 e. The van der Waals surface area contributed by atoms with Crippen LogP contribution in [0.1, 0.15) is 31.2 Å². The zero-order valence-electron chi connectivity index (χ0n) is 11.0. The van der Waals surface area contributed by atoms with E-state index in [1.807, 2.05) is 0 Å². The molecule has 1 aromatic carbocycles. The van der Waals surface area contributed by atoms with Gasteiger partial charge in [-0.15, -0.1) is 0 Å². The minimum Gasteiger partial charge on any atom is -0.393 e. The molecule has 110 valence electrons. The number of carbonyl (C=O) groups is 1. The van der Waals surface area contributed by atoms with Crippen molar-refractivity contribution in [3.05, 3.63) is 34.1 Å². The van der Waals surface area contributed by atoms with Crippen LogP contribution in [0.4, 0.5) is 9.18 Å². The van der Waals surface area contributed by atoms with Crippen LogP contribution in [0.15, 0.2) is 22.7 Å². The van der Waals surface area contributed by atoms with Crippen molar-refractivity contribution in [1.29, 1.82) is 0 Å². The fourth-order valence-corrected chi connectivity index (χ4v) is 2.63. The smallest absolute Gasteiger partial charge is 0.315 e. The second-order valence-corrected chi connectivity index (χ2v) is 5.98. The number of hydrogen-bond acceptors (Lipinski definition) is 2. The Balaban J connectivity index is 1.77. The molecule has 6 heteroatoms. The number of benzene rings is 1. The molecular formula is C14H18BrFN2O2. The number of aliphatic hydroxyl groups is 1. The first kappa shape index (κ1) is 15.3. The van der Waals surface area contributed by atoms with E-state index in [1.54, 1.807) is 12.1 Å². The molecule has 0 aliphatic heterocycles. The minimum absolute atomic E-state index is 0.0909. The highest BCUT2D eigenvalue weighted by Gasteiger charge is 2.20. The van der Waals surface area contributed by atoms with Gasteiger partial charge in [-0.05, 0) is 37.8 Å². The maximum absolute atomic E-state index is 13.6. The van der Waals surface area contributed by atoms with E-state index >= 15 is 0 Å². The van der Waals surface area contributed by atoms with Gasteiger partial charge in [-0.2, -0.15) is 0 Å². The zero-order chi connectivity index (χ0) is 14.5. The van der Waals surface area contributed by atoms with E-state index in [0.29, 0.717) is 22.9 Å². The van der Waals surface area contributed by atoms with Crippen molar-refractivity contribution in [3.8, 4) is 0 Å². The molecule has 0 radical (unpaired) electrons. The molecule has 4 nitrogen and oxygen atoms in total. The summed E-state index contributed by atoms with van der Waals surface area (Å²) in [4.78, 5) is 11.7. The van der Waals surface area contributed by atoms with Gasteiger partial charge in [0, 0.05) is 22.6 Å². The first-order valence-corrected chi connectivity index (χ1v) is 7.50. The number of halogens is 2. The number of hydrogen-bond donors (Lipinski definition) is 3. The third kappa shape index (κ3) is 4.45. The lowest BCUT2D eigenvalue weighted by Crippen LogP contribution is -2.43. The zero-order valence-corrected chi connectivity index (χ0v) is 12.6. The van der Waals surface area contributed by atoms with Crippen molar-refractivity contribution in [2.24, 2.45) is 0 Å². The Morgan fingerprint density at radius 3 is 2.70 bits per heavy atom. The van der Waals surface area contributed by atoms with Crippen molar-refractivity contribution in [3.63, 3.8) is 0 Å². The average Bonchev–Trinajstić information content (AvgIpc) is 2.40. The lowest BCUT2D eigenvalue weighted by Gasteiger charge is -2.26. The molecule has 0 heterocycles. The first-order valence-electron chi connectivity index (χ1n) is 6.71. The molecule has 3 N–H and O–H groups in total. The first-order chi connectivity index (χ1) is 9.54. The van der Waals surface area contributed by atoms with Crippen molar-refractivity contribution < 1.29 is 14.3 Å². The monoisotopic (exact) mass is 344 g/mol. The number of aliphatic hydroxyl groups excluding tert-OH is 1. The van der Waals surface area contributed by atoms with Crippen LogP contribution < -0.4 is 10.6 Å². The summed E-state index contributed by atoms with van der Waals surface area (Å²) in [5, 5.41) is 14.9. The molecule has 0 unspecified atom stereocenters. The van der Waals surface area contributed by atoms with E-state index < -0.39 is 0 Å². The van der Waals surface area contributed by atoms with Gasteiger partial charge in [0.2, 0.25) is 0 Å². The lowest BCUT2D eigenvalue weighted by molar-refractivity contribution is 0.117. The van der Waals surface area contributed by atoms with Crippen LogP contribution >= 0.6 is 15.9 Å². The summed E-state index contributed by atoms with van der Waals surface area (Å²) in [5.41, 5.74) is 0.447. The van der Waals surface area contributed by atoms with Crippen LogP contribution in [0.2, 0.25) is 0 Å². The summed E-state index contributed by atoms with van der Waals surface area (Å²) < 4.78 is 14.2. The second kappa shape index (κ2) is 7.04. The van der Waals surface area contributed by atoms with Crippen LogP contribution in [-0.4, -0.2) is 23.3 Å². The molecule has 1 aliphatic rings. The lowest BCUT2D eigenvalue weighted by atomic mass is 9.93. The third-order valence-corrected chi connectivity index (χ3v) is 3.98. The summed E-state index contributed by atoms with van der Waals surface area (Å²) in [6, 6.07) is 4.54. The summed E-state index contributed by atoms with van der Waals surface area (Å²) >= 11 is 3.19. The van der Waals surface area contributed by atoms with Crippen molar-refractivity contribution in [1.82, 2.24) is 10.6 Å². The number of rotatable bonds is 3. The van der Waals surface area contributed by atoms with Crippen LogP contribution in [0.5, 0.6) is 0 Å². The molecule has 0 bridgehead atoms. The van der Waals surface area contributed by atoms with E-state index in [2.05, 4.69) is 26.6 Å². The maximum atomic E-state index is 13.6. The quantitative estimate of drug-likeness (QED) is 0.789. The number of carbonyl (C=O) groups excluding carboxylic acids is 1.